The number of aromatic nitrogens is 1. The molecular formula is C22H22N2O4. The van der Waals surface area contributed by atoms with Gasteiger partial charge in [0.25, 0.3) is 11.7 Å². The number of Topliss-reactive ketones (excluding diaryl/α,β-unsaturated/α-hetero) is 1. The van der Waals surface area contributed by atoms with Gasteiger partial charge in [-0.2, -0.15) is 0 Å². The first kappa shape index (κ1) is 18.2. The van der Waals surface area contributed by atoms with Crippen molar-refractivity contribution < 1.29 is 19.8 Å². The van der Waals surface area contributed by atoms with Crippen LogP contribution in [-0.4, -0.2) is 37.8 Å². The number of phenols is 1. The van der Waals surface area contributed by atoms with Crippen LogP contribution in [0.15, 0.2) is 54.4 Å². The van der Waals surface area contributed by atoms with Gasteiger partial charge in [0, 0.05) is 24.0 Å². The lowest BCUT2D eigenvalue weighted by atomic mass is 9.91. The molecule has 144 valence electrons. The Morgan fingerprint density at radius 3 is 2.43 bits per heavy atom. The van der Waals surface area contributed by atoms with Crippen molar-refractivity contribution in [1.29, 1.82) is 0 Å². The van der Waals surface area contributed by atoms with Crippen molar-refractivity contribution in [3.05, 3.63) is 65.5 Å². The fraction of sp³-hybridized carbons (Fsp3) is 0.318. The van der Waals surface area contributed by atoms with E-state index in [1.54, 1.807) is 41.3 Å². The third-order valence-corrected chi connectivity index (χ3v) is 5.59. The quantitative estimate of drug-likeness (QED) is 0.484. The zero-order valence-corrected chi connectivity index (χ0v) is 15.4. The molecule has 6 nitrogen and oxygen atoms in total. The third-order valence-electron chi connectivity index (χ3n) is 5.59. The third kappa shape index (κ3) is 3.15. The molecule has 2 heterocycles. The molecule has 1 aromatic carbocycles. The Morgan fingerprint density at radius 2 is 1.75 bits per heavy atom. The monoisotopic (exact) mass is 378 g/mol. The molecule has 2 fully saturated rings. The summed E-state index contributed by atoms with van der Waals surface area (Å²) >= 11 is 0. The minimum Gasteiger partial charge on any atom is -0.508 e. The van der Waals surface area contributed by atoms with Crippen LogP contribution in [0.1, 0.15) is 49.3 Å². The van der Waals surface area contributed by atoms with Crippen LogP contribution >= 0.6 is 0 Å². The van der Waals surface area contributed by atoms with E-state index in [9.17, 15) is 19.8 Å². The number of aliphatic hydroxyl groups is 1. The van der Waals surface area contributed by atoms with E-state index in [4.69, 9.17) is 0 Å². The molecule has 1 aliphatic heterocycles. The van der Waals surface area contributed by atoms with Crippen LogP contribution < -0.4 is 0 Å². The first-order valence-corrected chi connectivity index (χ1v) is 9.57. The molecule has 1 unspecified atom stereocenters. The summed E-state index contributed by atoms with van der Waals surface area (Å²) in [6.45, 7) is 0. The van der Waals surface area contributed by atoms with Crippen LogP contribution in [0.25, 0.3) is 5.76 Å². The number of pyridine rings is 1. The minimum atomic E-state index is -0.719. The number of nitrogens with zero attached hydrogens (tertiary/aromatic N) is 2. The van der Waals surface area contributed by atoms with Crippen LogP contribution in [0.5, 0.6) is 5.75 Å². The van der Waals surface area contributed by atoms with Crippen LogP contribution in [0, 0.1) is 0 Å². The summed E-state index contributed by atoms with van der Waals surface area (Å²) in [5.74, 6) is -1.44. The number of carbonyl (C=O) groups excluding carboxylic acids is 2. The molecule has 28 heavy (non-hydrogen) atoms. The second-order valence-corrected chi connectivity index (χ2v) is 7.33. The normalized spacial score (nSPS) is 22.6. The maximum Gasteiger partial charge on any atom is 0.295 e. The standard InChI is InChI=1S/C22H22N2O4/c25-17-8-4-5-15(13-17)19-18(20(26)14-9-11-23-12-10-14)21(27)22(28)24(19)16-6-2-1-3-7-16/h4-5,8-13,16,19,25-26H,1-3,6-7H2/b20-18-. The van der Waals surface area contributed by atoms with E-state index >= 15 is 0 Å². The van der Waals surface area contributed by atoms with Crippen LogP contribution in [0.3, 0.4) is 0 Å². The van der Waals surface area contributed by atoms with Gasteiger partial charge >= 0.3 is 0 Å². The number of aromatic hydroxyl groups is 1. The molecule has 0 spiro atoms. The first-order valence-electron chi connectivity index (χ1n) is 9.57. The maximum atomic E-state index is 13.0. The molecule has 4 rings (SSSR count). The van der Waals surface area contributed by atoms with E-state index in [2.05, 4.69) is 4.98 Å². The van der Waals surface area contributed by atoms with Crippen LogP contribution in [0.2, 0.25) is 0 Å². The van der Waals surface area contributed by atoms with Gasteiger partial charge < -0.3 is 15.1 Å². The van der Waals surface area contributed by atoms with Crippen molar-refractivity contribution in [2.24, 2.45) is 0 Å². The highest BCUT2D eigenvalue weighted by Gasteiger charge is 2.48. The average Bonchev–Trinajstić information content (AvgIpc) is 3.00. The van der Waals surface area contributed by atoms with E-state index in [1.807, 2.05) is 0 Å². The number of hydrogen-bond acceptors (Lipinski definition) is 5. The van der Waals surface area contributed by atoms with E-state index in [0.717, 1.165) is 32.1 Å². The zero-order valence-electron chi connectivity index (χ0n) is 15.4. The van der Waals surface area contributed by atoms with E-state index in [-0.39, 0.29) is 23.1 Å². The van der Waals surface area contributed by atoms with Crippen molar-refractivity contribution in [2.75, 3.05) is 0 Å². The van der Waals surface area contributed by atoms with Gasteiger partial charge in [-0.15, -0.1) is 0 Å². The highest BCUT2D eigenvalue weighted by atomic mass is 16.3. The summed E-state index contributed by atoms with van der Waals surface area (Å²) in [7, 11) is 0. The highest BCUT2D eigenvalue weighted by molar-refractivity contribution is 6.46. The average molecular weight is 378 g/mol. The Balaban J connectivity index is 1.88. The molecule has 2 N–H and O–H groups in total. The number of rotatable bonds is 3. The van der Waals surface area contributed by atoms with Crippen molar-refractivity contribution in [2.45, 2.75) is 44.2 Å². The van der Waals surface area contributed by atoms with Gasteiger partial charge in [0.1, 0.15) is 11.5 Å². The molecular weight excluding hydrogens is 356 g/mol. The van der Waals surface area contributed by atoms with Crippen LogP contribution in [-0.2, 0) is 9.59 Å². The Hall–Kier alpha value is -3.15. The summed E-state index contributed by atoms with van der Waals surface area (Å²) in [5.41, 5.74) is 1.11. The van der Waals surface area contributed by atoms with E-state index in [0.29, 0.717) is 11.1 Å². The van der Waals surface area contributed by atoms with Gasteiger partial charge in [0.15, 0.2) is 0 Å². The molecule has 1 atom stereocenters. The SMILES string of the molecule is O=C1C(=O)N(C2CCCCC2)C(c2cccc(O)c2)/C1=C(/O)c1ccncc1. The number of likely N-dealkylation sites (tertiary alicyclic amines) is 1. The number of carbonyl (C=O) groups is 2. The molecule has 1 aliphatic carbocycles. The van der Waals surface area contributed by atoms with Crippen molar-refractivity contribution in [1.82, 2.24) is 9.88 Å². The number of benzene rings is 1. The molecule has 1 saturated carbocycles. The predicted octanol–water partition coefficient (Wildman–Crippen LogP) is 3.54. The molecule has 6 heteroatoms. The number of phenolic OH excluding ortho intramolecular Hbond substituents is 1. The Kier molecular flexibility index (Phi) is 4.86. The molecule has 1 saturated heterocycles. The second kappa shape index (κ2) is 7.46. The second-order valence-electron chi connectivity index (χ2n) is 7.33. The molecule has 2 aliphatic rings. The van der Waals surface area contributed by atoms with Crippen molar-refractivity contribution in [3.63, 3.8) is 0 Å². The topological polar surface area (TPSA) is 90.7 Å². The maximum absolute atomic E-state index is 13.0. The molecule has 0 bridgehead atoms. The first-order chi connectivity index (χ1) is 13.6. The largest absolute Gasteiger partial charge is 0.508 e. The summed E-state index contributed by atoms with van der Waals surface area (Å²) in [4.78, 5) is 31.5. The highest BCUT2D eigenvalue weighted by Crippen LogP contribution is 2.43. The van der Waals surface area contributed by atoms with Crippen molar-refractivity contribution >= 4 is 17.4 Å². The summed E-state index contributed by atoms with van der Waals surface area (Å²) in [5, 5.41) is 20.9. The van der Waals surface area contributed by atoms with Crippen LogP contribution in [0.4, 0.5) is 0 Å². The number of aliphatic hydroxyl groups excluding tert-OH is 1. The Morgan fingerprint density at radius 1 is 1.04 bits per heavy atom. The van der Waals surface area contributed by atoms with Gasteiger partial charge in [-0.05, 0) is 42.7 Å². The van der Waals surface area contributed by atoms with Gasteiger partial charge in [0.2, 0.25) is 0 Å². The van der Waals surface area contributed by atoms with Gasteiger partial charge in [-0.1, -0.05) is 31.4 Å². The fourth-order valence-corrected chi connectivity index (χ4v) is 4.27. The molecule has 1 aromatic heterocycles. The lowest BCUT2D eigenvalue weighted by molar-refractivity contribution is -0.141. The lowest BCUT2D eigenvalue weighted by Crippen LogP contribution is -2.40. The molecule has 2 aromatic rings. The number of hydrogen-bond donors (Lipinski definition) is 2. The van der Waals surface area contributed by atoms with Gasteiger partial charge in [-0.3, -0.25) is 14.6 Å². The zero-order chi connectivity index (χ0) is 19.7. The predicted molar refractivity (Wildman–Crippen MR) is 103 cm³/mol. The minimum absolute atomic E-state index is 0.0515. The molecule has 1 amide bonds. The van der Waals surface area contributed by atoms with Gasteiger partial charge in [-0.25, -0.2) is 0 Å². The van der Waals surface area contributed by atoms with E-state index < -0.39 is 17.7 Å². The van der Waals surface area contributed by atoms with E-state index in [1.165, 1.54) is 12.4 Å². The number of amides is 1. The summed E-state index contributed by atoms with van der Waals surface area (Å²) in [6.07, 6.45) is 7.84. The Bertz CT molecular complexity index is 933. The summed E-state index contributed by atoms with van der Waals surface area (Å²) < 4.78 is 0. The lowest BCUT2D eigenvalue weighted by Gasteiger charge is -2.35. The summed E-state index contributed by atoms with van der Waals surface area (Å²) in [6, 6.07) is 8.96. The molecule has 0 radical (unpaired) electrons. The van der Waals surface area contributed by atoms with Crippen molar-refractivity contribution in [3.8, 4) is 5.75 Å². The Labute approximate surface area is 163 Å². The smallest absolute Gasteiger partial charge is 0.295 e. The van der Waals surface area contributed by atoms with Gasteiger partial charge in [0.05, 0.1) is 11.6 Å². The fourth-order valence-electron chi connectivity index (χ4n) is 4.27. The number of ketones is 1.